The molecule has 0 bridgehead atoms. The van der Waals surface area contributed by atoms with Crippen LogP contribution in [-0.2, 0) is 78.1 Å². The number of hydrogen-bond donors (Lipinski definition) is 12. The molecule has 0 spiro atoms. The van der Waals surface area contributed by atoms with Crippen molar-refractivity contribution in [3.8, 4) is 0 Å². The minimum atomic E-state index is -5.53. The molecule has 5 aliphatic rings. The number of thioether (sulfide) groups is 1. The normalized spacial score (nSPS) is 28.5. The van der Waals surface area contributed by atoms with Crippen LogP contribution in [-0.4, -0.2) is 207 Å². The number of nitrogens with zero attached hydrogens (tertiary/aromatic N) is 14. The van der Waals surface area contributed by atoms with Gasteiger partial charge in [0.05, 0.1) is 51.8 Å². The molecular weight excluding hydrogens is 1520 g/mol. The second kappa shape index (κ2) is 31.2. The second-order valence-electron chi connectivity index (χ2n) is 24.6. The highest BCUT2D eigenvalue weighted by Gasteiger charge is 2.50. The van der Waals surface area contributed by atoms with Crippen molar-refractivity contribution < 1.29 is 108 Å². The summed E-state index contributed by atoms with van der Waals surface area (Å²) in [6.45, 7) is 0.632. The summed E-state index contributed by atoms with van der Waals surface area (Å²) in [5.74, 6) is 0.0645. The molecule has 5 aliphatic heterocycles. The van der Waals surface area contributed by atoms with Gasteiger partial charge in [-0.2, -0.15) is 9.97 Å². The minimum Gasteiger partial charge on any atom is -0.394 e. The molecular formula is C54H70N20O27P4S. The summed E-state index contributed by atoms with van der Waals surface area (Å²) in [7, 11) is -21.6. The molecule has 0 aromatic carbocycles. The molecule has 0 saturated carbocycles. The van der Waals surface area contributed by atoms with Gasteiger partial charge >= 0.3 is 42.7 Å². The second-order valence-corrected chi connectivity index (χ2v) is 31.2. The zero-order chi connectivity index (χ0) is 75.3. The summed E-state index contributed by atoms with van der Waals surface area (Å²) in [5, 5.41) is 21.5. The van der Waals surface area contributed by atoms with E-state index < -0.39 is 198 Å². The van der Waals surface area contributed by atoms with Crippen LogP contribution in [0.5, 0.6) is 0 Å². The fraction of sp³-hybridized carbons (Fsp3) is 0.537. The van der Waals surface area contributed by atoms with Crippen molar-refractivity contribution in [2.24, 2.45) is 0 Å². The average Bonchev–Trinajstić information content (AvgIpc) is 1.64. The molecule has 52 heteroatoms. The van der Waals surface area contributed by atoms with Crippen molar-refractivity contribution in [1.29, 1.82) is 0 Å². The first-order valence-corrected chi connectivity index (χ1v) is 39.1. The fourth-order valence-corrected chi connectivity index (χ4v) is 17.2. The van der Waals surface area contributed by atoms with Gasteiger partial charge in [0, 0.05) is 55.8 Å². The molecule has 8 aromatic heterocycles. The number of anilines is 4. The van der Waals surface area contributed by atoms with Gasteiger partial charge in [-0.1, -0.05) is 17.8 Å². The number of nitrogens with two attached hydrogens (primary N) is 4. The lowest BCUT2D eigenvalue weighted by Gasteiger charge is -2.25. The quantitative estimate of drug-likeness (QED) is 0.0119. The Morgan fingerprint density at radius 3 is 1.66 bits per heavy atom. The maximum atomic E-state index is 14.5. The summed E-state index contributed by atoms with van der Waals surface area (Å²) in [4.78, 5) is 139. The smallest absolute Gasteiger partial charge is 0.394 e. The molecule has 5 fully saturated rings. The molecule has 4 unspecified atom stereocenters. The number of ether oxygens (including phenoxy) is 5. The van der Waals surface area contributed by atoms with Crippen LogP contribution >= 0.6 is 43.1 Å². The Labute approximate surface area is 597 Å². The van der Waals surface area contributed by atoms with Crippen LogP contribution < -0.4 is 45.4 Å². The van der Waals surface area contributed by atoms with E-state index in [1.165, 1.54) is 63.6 Å². The molecule has 16 N–H and O–H groups in total. The van der Waals surface area contributed by atoms with Crippen LogP contribution in [0.1, 0.15) is 81.6 Å². The predicted octanol–water partition coefficient (Wildman–Crippen LogP) is 0.102. The molecule has 106 heavy (non-hydrogen) atoms. The molecule has 8 aromatic rings. The monoisotopic (exact) mass is 1590 g/mol. The number of aromatic amines is 2. The Hall–Kier alpha value is -7.54. The summed E-state index contributed by atoms with van der Waals surface area (Å²) in [6.07, 6.45) is -12.7. The largest absolute Gasteiger partial charge is 0.472 e. The number of phosphoric acid groups is 4. The molecule has 0 radical (unpaired) electrons. The number of unbranched alkanes of at least 4 members (excludes halogenated alkanes) is 1. The summed E-state index contributed by atoms with van der Waals surface area (Å²) < 4.78 is 138. The number of fused-ring (bicyclic) bond motifs is 3. The molecule has 0 aliphatic carbocycles. The van der Waals surface area contributed by atoms with Crippen molar-refractivity contribution in [1.82, 2.24) is 77.7 Å². The predicted molar refractivity (Wildman–Crippen MR) is 359 cm³/mol. The first-order valence-electron chi connectivity index (χ1n) is 32.1. The third kappa shape index (κ3) is 17.0. The van der Waals surface area contributed by atoms with E-state index in [1.54, 1.807) is 6.08 Å². The Bertz CT molecular complexity index is 5050. The van der Waals surface area contributed by atoms with Crippen LogP contribution in [0.2, 0.25) is 0 Å². The highest BCUT2D eigenvalue weighted by Crippen LogP contribution is 2.55. The van der Waals surface area contributed by atoms with Crippen molar-refractivity contribution in [3.63, 3.8) is 0 Å². The SMILES string of the molecule is C=CCCCSc1nc2c(N)ncnc2n1[C@H]1C[C@H](OP(=O)(O)OC[C@H]2O[C@@H](n3cc(C)c(=O)[nH]c3=O)C[C@@H]2OP(=O)(O)OC[C@H]2O[C@@H](n3cnc4c(N)ncnc43)C[C@@H]2O)[C@@H](COP(=O)(O)O[C@H]2C[C@H](n3ccc(N)nc3=O)O[C@@H]2COP(=O)(O)O[C@H]2C[C@H](n3cnc4c(=O)[nH]c(N)nc43)O[C@@H]2CO)O1. The van der Waals surface area contributed by atoms with Gasteiger partial charge in [0.25, 0.3) is 11.1 Å². The van der Waals surface area contributed by atoms with Gasteiger partial charge in [-0.05, 0) is 25.8 Å². The molecule has 47 nitrogen and oxygen atoms in total. The topological polar surface area (TPSA) is 654 Å². The van der Waals surface area contributed by atoms with Crippen molar-refractivity contribution >= 4 is 99.9 Å². The lowest BCUT2D eigenvalue weighted by Crippen LogP contribution is -2.33. The zero-order valence-corrected chi connectivity index (χ0v) is 59.6. The van der Waals surface area contributed by atoms with E-state index >= 15 is 0 Å². The lowest BCUT2D eigenvalue weighted by molar-refractivity contribution is -0.0648. The lowest BCUT2D eigenvalue weighted by atomic mass is 10.2. The third-order valence-corrected chi connectivity index (χ3v) is 22.5. The third-order valence-electron chi connectivity index (χ3n) is 17.4. The molecule has 574 valence electrons. The molecule has 13 rings (SSSR count). The number of H-pyrrole nitrogens is 2. The van der Waals surface area contributed by atoms with Crippen molar-refractivity contribution in [2.75, 3.05) is 61.7 Å². The van der Waals surface area contributed by atoms with Gasteiger partial charge in [0.2, 0.25) is 5.95 Å². The van der Waals surface area contributed by atoms with Gasteiger partial charge in [-0.25, -0.2) is 62.7 Å². The van der Waals surface area contributed by atoms with Gasteiger partial charge in [-0.3, -0.25) is 78.6 Å². The van der Waals surface area contributed by atoms with Gasteiger partial charge in [0.15, 0.2) is 44.8 Å². The van der Waals surface area contributed by atoms with Crippen LogP contribution in [0.25, 0.3) is 33.5 Å². The number of aryl methyl sites for hydroxylation is 1. The fourth-order valence-electron chi connectivity index (χ4n) is 12.4. The minimum absolute atomic E-state index is 0.0144. The van der Waals surface area contributed by atoms with E-state index in [9.17, 15) is 67.2 Å². The highest BCUT2D eigenvalue weighted by molar-refractivity contribution is 7.99. The number of nitrogens with one attached hydrogen (secondary N) is 2. The first kappa shape index (κ1) is 76.6. The number of allylic oxidation sites excluding steroid dienone is 1. The number of hydrogen-bond acceptors (Lipinski definition) is 37. The van der Waals surface area contributed by atoms with Crippen LogP contribution in [0.15, 0.2) is 80.8 Å². The summed E-state index contributed by atoms with van der Waals surface area (Å²) in [6, 6.07) is 1.24. The van der Waals surface area contributed by atoms with E-state index in [0.717, 1.165) is 21.7 Å². The number of imidazole rings is 3. The van der Waals surface area contributed by atoms with E-state index in [1.807, 2.05) is 0 Å². The van der Waals surface area contributed by atoms with Gasteiger partial charge in [0.1, 0.15) is 110 Å². The molecule has 0 amide bonds. The van der Waals surface area contributed by atoms with Crippen molar-refractivity contribution in [2.45, 2.75) is 149 Å². The Balaban J connectivity index is 0.719. The number of aliphatic hydroxyl groups is 2. The number of aliphatic hydroxyl groups excluding tert-OH is 2. The van der Waals surface area contributed by atoms with E-state index in [2.05, 4.69) is 61.4 Å². The van der Waals surface area contributed by atoms with Crippen LogP contribution in [0.4, 0.5) is 23.4 Å². The molecule has 13 heterocycles. The maximum Gasteiger partial charge on any atom is 0.472 e. The van der Waals surface area contributed by atoms with Crippen LogP contribution in [0.3, 0.4) is 0 Å². The standard InChI is InChI=1S/C54H70N20O27P4S/c1-3-4-5-8-106-54-66-42-45(57)60-21-62-47(42)74(54)40-13-29(101-105(87,88)91-18-33-28(12-38(96-33)71-14-24(2)49(77)69-53(71)80)100-102(81,82)89-16-31-25(76)9-36(94-31)72-22-63-41-44(56)59-20-61-46(41)72)34(97-40)19-92-104(85,86)99-27-11-37(70-7-6-35(55)65-52(70)79)95-32(27)17-90-103(83,84)98-26-10-39(93-30(26)15-75)73-23-64-43-48(73)67-51(58)68-50(43)78/h3,6-7,14,20-23,25-34,36-40,75-76H,1,4-5,8-13,15-19H2,2H3,(H,81,82)(H,83,84)(H,85,86)(H,87,88)(H2,55,65,79)(H2,56,59,61)(H2,57,60,62)(H,69,77,80)(H3,58,67,68,78)/t25-,26-,27-,28-,29-,30+,31+,32+,33+,34+,36+,37+,38+,39+,40+/m0/s1. The van der Waals surface area contributed by atoms with E-state index in [0.29, 0.717) is 18.6 Å². The van der Waals surface area contributed by atoms with Crippen molar-refractivity contribution in [3.05, 3.63) is 104 Å². The number of nitrogen functional groups attached to an aromatic ring is 4. The van der Waals surface area contributed by atoms with Gasteiger partial charge in [-0.15, -0.1) is 6.58 Å². The number of phosphoric ester groups is 4. The molecule has 5 saturated heterocycles. The van der Waals surface area contributed by atoms with Gasteiger partial charge < -0.3 is 76.4 Å². The maximum absolute atomic E-state index is 14.5. The van der Waals surface area contributed by atoms with E-state index in [4.69, 9.17) is 82.8 Å². The molecule has 19 atom stereocenters. The Morgan fingerprint density at radius 1 is 0.585 bits per heavy atom. The highest BCUT2D eigenvalue weighted by atomic mass is 32.2. The Kier molecular flexibility index (Phi) is 22.6. The van der Waals surface area contributed by atoms with Crippen LogP contribution in [0, 0.1) is 6.92 Å². The summed E-state index contributed by atoms with van der Waals surface area (Å²) in [5.41, 5.74) is 21.0. The first-order chi connectivity index (χ1) is 50.4. The van der Waals surface area contributed by atoms with E-state index in [-0.39, 0.29) is 80.5 Å². The number of rotatable bonds is 31. The average molecular weight is 1590 g/mol. The summed E-state index contributed by atoms with van der Waals surface area (Å²) >= 11 is 1.24. The zero-order valence-electron chi connectivity index (χ0n) is 55.2. The number of aromatic nitrogens is 16. The Morgan fingerprint density at radius 2 is 1.08 bits per heavy atom.